The Balaban J connectivity index is 1.76. The van der Waals surface area contributed by atoms with Crippen LogP contribution in [0.4, 0.5) is 11.4 Å². The summed E-state index contributed by atoms with van der Waals surface area (Å²) >= 11 is 1.35. The minimum atomic E-state index is -0.113. The number of aliphatic imine (C=N–C) groups is 1. The van der Waals surface area contributed by atoms with Crippen LogP contribution < -0.4 is 4.90 Å². The summed E-state index contributed by atoms with van der Waals surface area (Å²) in [6.45, 7) is 4.05. The lowest BCUT2D eigenvalue weighted by Crippen LogP contribution is -2.28. The third-order valence-electron chi connectivity index (χ3n) is 4.55. The van der Waals surface area contributed by atoms with E-state index >= 15 is 0 Å². The first-order valence-electron chi connectivity index (χ1n) is 9.25. The molecule has 0 spiro atoms. The van der Waals surface area contributed by atoms with Crippen LogP contribution in [0.5, 0.6) is 5.75 Å². The number of hydrogen-bond acceptors (Lipinski definition) is 4. The molecule has 0 aromatic heterocycles. The molecule has 3 aromatic rings. The molecule has 0 radical (unpaired) electrons. The summed E-state index contributed by atoms with van der Waals surface area (Å²) in [6, 6.07) is 22.5. The van der Waals surface area contributed by atoms with Crippen LogP contribution in [0.1, 0.15) is 16.7 Å². The lowest BCUT2D eigenvalue weighted by Gasteiger charge is -2.16. The standard InChI is InChI=1S/C24H20N2O2S/c1-16-3-9-19(10-4-16)25-24-26(20-11-5-17(2)6-12-20)23(28)22(29-24)15-18-7-13-21(27)14-8-18/h3-15,27H,1-2H3. The second kappa shape index (κ2) is 7.97. The van der Waals surface area contributed by atoms with Gasteiger partial charge in [-0.25, -0.2) is 4.99 Å². The summed E-state index contributed by atoms with van der Waals surface area (Å²) in [4.78, 5) is 20.2. The highest BCUT2D eigenvalue weighted by Gasteiger charge is 2.34. The van der Waals surface area contributed by atoms with Crippen LogP contribution in [0.15, 0.2) is 82.7 Å². The van der Waals surface area contributed by atoms with Gasteiger partial charge in [-0.15, -0.1) is 0 Å². The molecule has 1 aliphatic heterocycles. The van der Waals surface area contributed by atoms with E-state index in [1.54, 1.807) is 29.2 Å². The average Bonchev–Trinajstić information content (AvgIpc) is 3.01. The van der Waals surface area contributed by atoms with E-state index in [-0.39, 0.29) is 11.7 Å². The first-order valence-corrected chi connectivity index (χ1v) is 10.1. The minimum absolute atomic E-state index is 0.113. The fourth-order valence-electron chi connectivity index (χ4n) is 2.92. The number of carbonyl (C=O) groups is 1. The van der Waals surface area contributed by atoms with Crippen LogP contribution in [0, 0.1) is 13.8 Å². The van der Waals surface area contributed by atoms with Crippen molar-refractivity contribution < 1.29 is 9.90 Å². The Morgan fingerprint density at radius 2 is 1.45 bits per heavy atom. The molecule has 1 saturated heterocycles. The van der Waals surface area contributed by atoms with Crippen LogP contribution in [0.2, 0.25) is 0 Å². The number of hydrogen-bond donors (Lipinski definition) is 1. The molecule has 144 valence electrons. The van der Waals surface area contributed by atoms with Crippen molar-refractivity contribution in [2.45, 2.75) is 13.8 Å². The van der Waals surface area contributed by atoms with Crippen LogP contribution in [0.3, 0.4) is 0 Å². The fraction of sp³-hybridized carbons (Fsp3) is 0.0833. The Hall–Kier alpha value is -3.31. The lowest BCUT2D eigenvalue weighted by atomic mass is 10.2. The zero-order valence-electron chi connectivity index (χ0n) is 16.2. The molecule has 0 saturated carbocycles. The zero-order chi connectivity index (χ0) is 20.4. The summed E-state index contributed by atoms with van der Waals surface area (Å²) in [7, 11) is 0. The third kappa shape index (κ3) is 4.25. The van der Waals surface area contributed by atoms with Gasteiger partial charge in [-0.2, -0.15) is 0 Å². The van der Waals surface area contributed by atoms with E-state index in [9.17, 15) is 9.90 Å². The van der Waals surface area contributed by atoms with E-state index in [0.717, 1.165) is 28.1 Å². The highest BCUT2D eigenvalue weighted by Crippen LogP contribution is 2.37. The van der Waals surface area contributed by atoms with Crippen molar-refractivity contribution in [3.63, 3.8) is 0 Å². The molecule has 4 rings (SSSR count). The number of rotatable bonds is 3. The molecule has 0 bridgehead atoms. The first kappa shape index (κ1) is 19.0. The summed E-state index contributed by atoms with van der Waals surface area (Å²) in [5, 5.41) is 10.1. The molecular formula is C24H20N2O2S. The molecule has 1 aliphatic rings. The van der Waals surface area contributed by atoms with Gasteiger partial charge in [0, 0.05) is 0 Å². The van der Waals surface area contributed by atoms with E-state index in [1.807, 2.05) is 68.5 Å². The molecule has 1 N–H and O–H groups in total. The van der Waals surface area contributed by atoms with Gasteiger partial charge in [0.2, 0.25) is 0 Å². The fourth-order valence-corrected chi connectivity index (χ4v) is 3.92. The van der Waals surface area contributed by atoms with Gasteiger partial charge in [-0.3, -0.25) is 9.69 Å². The number of phenolic OH excluding ortho intramolecular Hbond substituents is 1. The predicted octanol–water partition coefficient (Wildman–Crippen LogP) is 5.82. The van der Waals surface area contributed by atoms with Crippen LogP contribution in [0.25, 0.3) is 6.08 Å². The van der Waals surface area contributed by atoms with Gasteiger partial charge >= 0.3 is 0 Å². The Morgan fingerprint density at radius 1 is 0.862 bits per heavy atom. The molecule has 1 heterocycles. The molecule has 0 aliphatic carbocycles. The van der Waals surface area contributed by atoms with Crippen molar-refractivity contribution in [1.29, 1.82) is 0 Å². The molecule has 0 unspecified atom stereocenters. The average molecular weight is 401 g/mol. The van der Waals surface area contributed by atoms with Crippen LogP contribution in [-0.4, -0.2) is 16.2 Å². The maximum Gasteiger partial charge on any atom is 0.271 e. The molecule has 3 aromatic carbocycles. The van der Waals surface area contributed by atoms with Gasteiger partial charge in [0.05, 0.1) is 16.3 Å². The number of benzene rings is 3. The maximum atomic E-state index is 13.2. The number of anilines is 1. The summed E-state index contributed by atoms with van der Waals surface area (Å²) in [5.74, 6) is 0.0817. The van der Waals surface area contributed by atoms with Gasteiger partial charge in [-0.1, -0.05) is 47.5 Å². The van der Waals surface area contributed by atoms with Gasteiger partial charge in [0.25, 0.3) is 5.91 Å². The minimum Gasteiger partial charge on any atom is -0.508 e. The SMILES string of the molecule is Cc1ccc(N=C2SC(=Cc3ccc(O)cc3)C(=O)N2c2ccc(C)cc2)cc1. The van der Waals surface area contributed by atoms with Gasteiger partial charge < -0.3 is 5.11 Å². The number of amides is 1. The largest absolute Gasteiger partial charge is 0.508 e. The Kier molecular flexibility index (Phi) is 5.23. The summed E-state index contributed by atoms with van der Waals surface area (Å²) in [5.41, 5.74) is 4.72. The third-order valence-corrected chi connectivity index (χ3v) is 5.52. The maximum absolute atomic E-state index is 13.2. The smallest absolute Gasteiger partial charge is 0.271 e. The Labute approximate surface area is 174 Å². The molecule has 1 amide bonds. The quantitative estimate of drug-likeness (QED) is 0.564. The number of aromatic hydroxyl groups is 1. The van der Waals surface area contributed by atoms with Crippen molar-refractivity contribution >= 4 is 40.3 Å². The van der Waals surface area contributed by atoms with E-state index in [0.29, 0.717) is 10.1 Å². The van der Waals surface area contributed by atoms with Gasteiger partial charge in [-0.05, 0) is 73.6 Å². The zero-order valence-corrected chi connectivity index (χ0v) is 17.0. The molecule has 29 heavy (non-hydrogen) atoms. The van der Waals surface area contributed by atoms with E-state index in [4.69, 9.17) is 4.99 Å². The molecule has 0 atom stereocenters. The van der Waals surface area contributed by atoms with Gasteiger partial charge in [0.15, 0.2) is 5.17 Å². The molecule has 4 nitrogen and oxygen atoms in total. The van der Waals surface area contributed by atoms with Crippen molar-refractivity contribution in [2.24, 2.45) is 4.99 Å². The van der Waals surface area contributed by atoms with Crippen LogP contribution >= 0.6 is 11.8 Å². The molecular weight excluding hydrogens is 380 g/mol. The first-order chi connectivity index (χ1) is 14.0. The number of amidine groups is 1. The number of nitrogens with zero attached hydrogens (tertiary/aromatic N) is 2. The van der Waals surface area contributed by atoms with E-state index < -0.39 is 0 Å². The van der Waals surface area contributed by atoms with Crippen molar-refractivity contribution in [3.05, 3.63) is 94.4 Å². The topological polar surface area (TPSA) is 52.9 Å². The van der Waals surface area contributed by atoms with Crippen LogP contribution in [-0.2, 0) is 4.79 Å². The predicted molar refractivity (Wildman–Crippen MR) is 121 cm³/mol. The number of thioether (sulfide) groups is 1. The number of phenols is 1. The van der Waals surface area contributed by atoms with Crippen molar-refractivity contribution in [3.8, 4) is 5.75 Å². The summed E-state index contributed by atoms with van der Waals surface area (Å²) < 4.78 is 0. The molecule has 1 fully saturated rings. The van der Waals surface area contributed by atoms with E-state index in [1.165, 1.54) is 11.8 Å². The number of aryl methyl sites for hydroxylation is 2. The second-order valence-electron chi connectivity index (χ2n) is 6.91. The monoisotopic (exact) mass is 400 g/mol. The van der Waals surface area contributed by atoms with Crippen molar-refractivity contribution in [2.75, 3.05) is 4.90 Å². The van der Waals surface area contributed by atoms with Crippen molar-refractivity contribution in [1.82, 2.24) is 0 Å². The Bertz CT molecular complexity index is 1100. The Morgan fingerprint density at radius 3 is 2.07 bits per heavy atom. The second-order valence-corrected chi connectivity index (χ2v) is 7.92. The normalized spacial score (nSPS) is 16.8. The number of carbonyl (C=O) groups excluding carboxylic acids is 1. The molecule has 5 heteroatoms. The highest BCUT2D eigenvalue weighted by atomic mass is 32.2. The van der Waals surface area contributed by atoms with Gasteiger partial charge in [0.1, 0.15) is 5.75 Å². The lowest BCUT2D eigenvalue weighted by molar-refractivity contribution is -0.113. The summed E-state index contributed by atoms with van der Waals surface area (Å²) in [6.07, 6.45) is 1.82. The van der Waals surface area contributed by atoms with E-state index in [2.05, 4.69) is 0 Å². The highest BCUT2D eigenvalue weighted by molar-refractivity contribution is 8.19.